The van der Waals surface area contributed by atoms with Crippen molar-refractivity contribution in [2.75, 3.05) is 0 Å². The lowest BCUT2D eigenvalue weighted by Gasteiger charge is -2.13. The summed E-state index contributed by atoms with van der Waals surface area (Å²) in [6, 6.07) is 3.02. The van der Waals surface area contributed by atoms with Crippen molar-refractivity contribution in [3.63, 3.8) is 0 Å². The molecule has 1 atom stereocenters. The maximum atomic E-state index is 13.3. The van der Waals surface area contributed by atoms with Gasteiger partial charge in [-0.15, -0.1) is 13.2 Å². The molecule has 1 unspecified atom stereocenters. The molecule has 2 N–H and O–H groups in total. The lowest BCUT2D eigenvalue weighted by molar-refractivity contribution is -0.275. The van der Waals surface area contributed by atoms with Crippen LogP contribution in [0.3, 0.4) is 0 Å². The van der Waals surface area contributed by atoms with E-state index in [4.69, 9.17) is 5.73 Å². The number of ether oxygens (including phenoxy) is 1. The van der Waals surface area contributed by atoms with Gasteiger partial charge in [0.15, 0.2) is 11.6 Å². The van der Waals surface area contributed by atoms with Crippen LogP contribution in [0.5, 0.6) is 5.75 Å². The van der Waals surface area contributed by atoms with Crippen LogP contribution >= 0.6 is 0 Å². The number of rotatable bonds is 3. The fourth-order valence-corrected chi connectivity index (χ4v) is 1.66. The SMILES string of the molecule is NC(c1ccc(OC(F)(F)F)c(F)c1)C1CC1. The van der Waals surface area contributed by atoms with Crippen LogP contribution in [0.4, 0.5) is 17.6 Å². The topological polar surface area (TPSA) is 35.2 Å². The predicted molar refractivity (Wildman–Crippen MR) is 52.7 cm³/mol. The Bertz CT molecular complexity index is 414. The predicted octanol–water partition coefficient (Wildman–Crippen LogP) is 3.13. The minimum atomic E-state index is -4.89. The van der Waals surface area contributed by atoms with Crippen molar-refractivity contribution in [3.8, 4) is 5.75 Å². The molecular formula is C11H11F4NO. The summed E-state index contributed by atoms with van der Waals surface area (Å²) in [5.41, 5.74) is 6.32. The van der Waals surface area contributed by atoms with Crippen LogP contribution in [0.15, 0.2) is 18.2 Å². The van der Waals surface area contributed by atoms with Gasteiger partial charge >= 0.3 is 6.36 Å². The third-order valence-electron chi connectivity index (χ3n) is 2.70. The molecule has 1 aliphatic rings. The van der Waals surface area contributed by atoms with Crippen molar-refractivity contribution in [1.29, 1.82) is 0 Å². The van der Waals surface area contributed by atoms with Gasteiger partial charge in [0.25, 0.3) is 0 Å². The van der Waals surface area contributed by atoms with Crippen molar-refractivity contribution in [1.82, 2.24) is 0 Å². The molecule has 0 bridgehead atoms. The average molecular weight is 249 g/mol. The van der Waals surface area contributed by atoms with Crippen molar-refractivity contribution in [3.05, 3.63) is 29.6 Å². The third kappa shape index (κ3) is 3.09. The fourth-order valence-electron chi connectivity index (χ4n) is 1.66. The monoisotopic (exact) mass is 249 g/mol. The summed E-state index contributed by atoms with van der Waals surface area (Å²) >= 11 is 0. The second-order valence-corrected chi connectivity index (χ2v) is 4.10. The van der Waals surface area contributed by atoms with Gasteiger partial charge in [-0.1, -0.05) is 6.07 Å². The van der Waals surface area contributed by atoms with Gasteiger partial charge in [0.05, 0.1) is 0 Å². The van der Waals surface area contributed by atoms with Gasteiger partial charge in [0, 0.05) is 6.04 Å². The molecule has 1 aliphatic carbocycles. The molecule has 0 amide bonds. The summed E-state index contributed by atoms with van der Waals surface area (Å²) in [5.74, 6) is -1.57. The highest BCUT2D eigenvalue weighted by molar-refractivity contribution is 5.31. The first-order chi connectivity index (χ1) is 7.87. The molecule has 1 aromatic carbocycles. The third-order valence-corrected chi connectivity index (χ3v) is 2.70. The molecule has 17 heavy (non-hydrogen) atoms. The van der Waals surface area contributed by atoms with Gasteiger partial charge in [-0.2, -0.15) is 0 Å². The molecule has 1 saturated carbocycles. The Labute approximate surface area is 95.4 Å². The van der Waals surface area contributed by atoms with E-state index in [1.807, 2.05) is 0 Å². The number of benzene rings is 1. The largest absolute Gasteiger partial charge is 0.573 e. The average Bonchev–Trinajstić information content (AvgIpc) is 3.01. The molecule has 0 heterocycles. The molecule has 1 aromatic rings. The summed E-state index contributed by atoms with van der Waals surface area (Å²) in [4.78, 5) is 0. The van der Waals surface area contributed by atoms with Crippen LogP contribution in [-0.4, -0.2) is 6.36 Å². The van der Waals surface area contributed by atoms with Crippen molar-refractivity contribution in [2.45, 2.75) is 25.2 Å². The van der Waals surface area contributed by atoms with Gasteiger partial charge < -0.3 is 10.5 Å². The maximum Gasteiger partial charge on any atom is 0.573 e. The van der Waals surface area contributed by atoms with Crippen LogP contribution in [0.1, 0.15) is 24.4 Å². The summed E-state index contributed by atoms with van der Waals surface area (Å²) in [6.45, 7) is 0. The standard InChI is InChI=1S/C11H11F4NO/c12-8-5-7(10(16)6-1-2-6)3-4-9(8)17-11(13,14)15/h3-6,10H,1-2,16H2. The maximum absolute atomic E-state index is 13.3. The van der Waals surface area contributed by atoms with E-state index in [1.165, 1.54) is 6.07 Å². The highest BCUT2D eigenvalue weighted by atomic mass is 19.4. The molecule has 2 rings (SSSR count). The van der Waals surface area contributed by atoms with Crippen LogP contribution in [-0.2, 0) is 0 Å². The normalized spacial score (nSPS) is 17.9. The number of hydrogen-bond acceptors (Lipinski definition) is 2. The molecule has 94 valence electrons. The van der Waals surface area contributed by atoms with Crippen LogP contribution in [0.2, 0.25) is 0 Å². The molecule has 1 fully saturated rings. The van der Waals surface area contributed by atoms with Crippen LogP contribution < -0.4 is 10.5 Å². The van der Waals surface area contributed by atoms with Crippen LogP contribution in [0, 0.1) is 11.7 Å². The first-order valence-electron chi connectivity index (χ1n) is 5.17. The number of halogens is 4. The Morgan fingerprint density at radius 3 is 2.41 bits per heavy atom. The Morgan fingerprint density at radius 1 is 1.29 bits per heavy atom. The molecule has 0 aromatic heterocycles. The summed E-state index contributed by atoms with van der Waals surface area (Å²) in [5, 5.41) is 0. The van der Waals surface area contributed by atoms with Crippen molar-refractivity contribution in [2.24, 2.45) is 11.7 Å². The molecule has 0 saturated heterocycles. The van der Waals surface area contributed by atoms with Crippen LogP contribution in [0.25, 0.3) is 0 Å². The molecule has 6 heteroatoms. The smallest absolute Gasteiger partial charge is 0.403 e. The zero-order chi connectivity index (χ0) is 12.6. The van der Waals surface area contributed by atoms with Gasteiger partial charge in [0.1, 0.15) is 0 Å². The van der Waals surface area contributed by atoms with Gasteiger partial charge in [-0.3, -0.25) is 0 Å². The fraction of sp³-hybridized carbons (Fsp3) is 0.455. The van der Waals surface area contributed by atoms with Gasteiger partial charge in [0.2, 0.25) is 0 Å². The molecular weight excluding hydrogens is 238 g/mol. The lowest BCUT2D eigenvalue weighted by atomic mass is 10.0. The summed E-state index contributed by atoms with van der Waals surface area (Å²) in [6.07, 6.45) is -2.94. The zero-order valence-corrected chi connectivity index (χ0v) is 8.80. The Morgan fingerprint density at radius 2 is 1.94 bits per heavy atom. The Balaban J connectivity index is 2.16. The van der Waals surface area contributed by atoms with Crippen molar-refractivity contribution >= 4 is 0 Å². The Hall–Kier alpha value is -1.30. The van der Waals surface area contributed by atoms with E-state index < -0.39 is 17.9 Å². The first-order valence-corrected chi connectivity index (χ1v) is 5.17. The number of alkyl halides is 3. The number of hydrogen-bond donors (Lipinski definition) is 1. The first kappa shape index (κ1) is 12.2. The number of nitrogens with two attached hydrogens (primary N) is 1. The Kier molecular flexibility index (Phi) is 2.99. The molecule has 0 aliphatic heterocycles. The van der Waals surface area contributed by atoms with Gasteiger partial charge in [-0.05, 0) is 36.5 Å². The second-order valence-electron chi connectivity index (χ2n) is 4.10. The molecule has 0 spiro atoms. The van der Waals surface area contributed by atoms with E-state index in [0.717, 1.165) is 25.0 Å². The van der Waals surface area contributed by atoms with Crippen molar-refractivity contribution < 1.29 is 22.3 Å². The van der Waals surface area contributed by atoms with E-state index in [2.05, 4.69) is 4.74 Å². The van der Waals surface area contributed by atoms with E-state index in [0.29, 0.717) is 11.5 Å². The second kappa shape index (κ2) is 4.18. The van der Waals surface area contributed by atoms with E-state index in [9.17, 15) is 17.6 Å². The minimum Gasteiger partial charge on any atom is -0.403 e. The van der Waals surface area contributed by atoms with Gasteiger partial charge in [-0.25, -0.2) is 4.39 Å². The molecule has 2 nitrogen and oxygen atoms in total. The van der Waals surface area contributed by atoms with E-state index >= 15 is 0 Å². The van der Waals surface area contributed by atoms with E-state index in [-0.39, 0.29) is 6.04 Å². The summed E-state index contributed by atoms with van der Waals surface area (Å²) in [7, 11) is 0. The van der Waals surface area contributed by atoms with E-state index in [1.54, 1.807) is 0 Å². The zero-order valence-electron chi connectivity index (χ0n) is 8.80. The highest BCUT2D eigenvalue weighted by Crippen LogP contribution is 2.40. The quantitative estimate of drug-likeness (QED) is 0.835. The highest BCUT2D eigenvalue weighted by Gasteiger charge is 2.33. The molecule has 0 radical (unpaired) electrons. The lowest BCUT2D eigenvalue weighted by Crippen LogP contribution is -2.18. The summed E-state index contributed by atoms with van der Waals surface area (Å²) < 4.78 is 52.6. The minimum absolute atomic E-state index is 0.309.